The van der Waals surface area contributed by atoms with E-state index in [4.69, 9.17) is 45.9 Å². The number of carbonyl (C=O) groups is 13. The number of phenolic OH excluding ortho intramolecular Hbond substituents is 1. The standard InChI is InChI=1S/C60H98N22O17/c1-32(2)27-41(78-49(89)37(14-7-23-70-57(64)65)74-46(86)36(61)13-6-22-69-56(62)63)51(91)81-45(31-84)54(94)79-42(28-34-18-20-35(85)21-19-34)52(92)82-44(30-83)53(93)77-39(16-9-25-72-59(67)98)48(88)75-38(15-8-24-71-58(66)97)47(87)76-40(17-10-26-73-60(68)99)50(90)80-43(55(95)96)29-33-11-4-3-5-12-33/h3-5,11-12,18-21,32,36-45,83-85H,6-10,13-17,22-31,61H2,1-2H3,(H,74,86)(H,75,88)(H,76,87)(H,77,93)(H,78,89)(H,79,94)(H,80,90)(H,81,91)(H,82,92)(H,95,96)(H4,62,63,69)(H4,64,65,70)(H3,66,71,97)(H3,67,72,98)(H3,68,73,99)/t36-,37-,38-,39-,40-,41-,42-,43-,44-,45-/m0/s1. The summed E-state index contributed by atoms with van der Waals surface area (Å²) in [5, 5.41) is 70.4. The zero-order valence-corrected chi connectivity index (χ0v) is 55.3. The van der Waals surface area contributed by atoms with Crippen molar-refractivity contribution in [3.05, 3.63) is 65.7 Å². The molecule has 10 atom stereocenters. The van der Waals surface area contributed by atoms with Crippen LogP contribution in [0, 0.1) is 5.92 Å². The van der Waals surface area contributed by atoms with E-state index in [1.54, 1.807) is 44.2 Å². The Labute approximate surface area is 570 Å². The minimum atomic E-state index is -1.95. The Kier molecular flexibility index (Phi) is 38.8. The molecular weight excluding hydrogens is 1300 g/mol. The molecule has 0 radical (unpaired) electrons. The lowest BCUT2D eigenvalue weighted by Crippen LogP contribution is -2.61. The van der Waals surface area contributed by atoms with Crippen LogP contribution in [0.25, 0.3) is 0 Å². The predicted molar refractivity (Wildman–Crippen MR) is 359 cm³/mol. The summed E-state index contributed by atoms with van der Waals surface area (Å²) in [6.07, 6.45) is -1.12. The molecule has 2 aromatic rings. The third kappa shape index (κ3) is 35.1. The number of aliphatic carboxylic acids is 1. The molecule has 0 aliphatic carbocycles. The van der Waals surface area contributed by atoms with Crippen LogP contribution in [0.5, 0.6) is 5.75 Å². The van der Waals surface area contributed by atoms with Crippen molar-refractivity contribution in [2.45, 2.75) is 158 Å². The highest BCUT2D eigenvalue weighted by atomic mass is 16.4. The quantitative estimate of drug-likeness (QED) is 0.0166. The highest BCUT2D eigenvalue weighted by molar-refractivity contribution is 5.99. The van der Waals surface area contributed by atoms with Gasteiger partial charge in [0, 0.05) is 45.6 Å². The largest absolute Gasteiger partial charge is 0.508 e. The van der Waals surface area contributed by atoms with Gasteiger partial charge < -0.3 is 130 Å². The zero-order valence-electron chi connectivity index (χ0n) is 55.3. The van der Waals surface area contributed by atoms with Gasteiger partial charge in [0.25, 0.3) is 0 Å². The second-order valence-corrected chi connectivity index (χ2v) is 23.2. The molecule has 99 heavy (non-hydrogen) atoms. The molecule has 2 aromatic carbocycles. The van der Waals surface area contributed by atoms with Crippen LogP contribution in [0.2, 0.25) is 0 Å². The second kappa shape index (κ2) is 45.6. The fourth-order valence-electron chi connectivity index (χ4n) is 9.46. The van der Waals surface area contributed by atoms with Crippen LogP contribution >= 0.6 is 0 Å². The monoisotopic (exact) mass is 1400 g/mol. The van der Waals surface area contributed by atoms with E-state index < -0.39 is 157 Å². The molecule has 2 rings (SSSR count). The van der Waals surface area contributed by atoms with Gasteiger partial charge in [-0.3, -0.25) is 53.1 Å². The Hall–Kier alpha value is -10.8. The lowest BCUT2D eigenvalue weighted by molar-refractivity contribution is -0.142. The first-order valence-electron chi connectivity index (χ1n) is 31.8. The van der Waals surface area contributed by atoms with Gasteiger partial charge in [-0.05, 0) is 99.8 Å². The normalized spacial score (nSPS) is 13.9. The molecule has 0 saturated heterocycles. The number of aliphatic hydroxyl groups is 2. The van der Waals surface area contributed by atoms with Crippen molar-refractivity contribution in [1.82, 2.24) is 63.8 Å². The van der Waals surface area contributed by atoms with Gasteiger partial charge in [0.15, 0.2) is 11.9 Å². The van der Waals surface area contributed by atoms with Crippen molar-refractivity contribution in [2.24, 2.45) is 61.8 Å². The topological polar surface area (TPSA) is 680 Å². The molecule has 0 aliphatic rings. The maximum Gasteiger partial charge on any atom is 0.326 e. The van der Waals surface area contributed by atoms with Crippen LogP contribution in [-0.2, 0) is 60.8 Å². The van der Waals surface area contributed by atoms with Crippen LogP contribution in [0.1, 0.15) is 95.6 Å². The summed E-state index contributed by atoms with van der Waals surface area (Å²) in [6, 6.07) is -4.96. The number of urea groups is 3. The first-order valence-corrected chi connectivity index (χ1v) is 31.8. The molecule has 0 spiro atoms. The van der Waals surface area contributed by atoms with Gasteiger partial charge in [-0.15, -0.1) is 0 Å². The Morgan fingerprint density at radius 3 is 1.09 bits per heavy atom. The molecule has 0 saturated carbocycles. The summed E-state index contributed by atoms with van der Waals surface area (Å²) in [5.41, 5.74) is 44.3. The number of nitrogens with one attached hydrogen (secondary N) is 12. The van der Waals surface area contributed by atoms with Crippen molar-refractivity contribution >= 4 is 89.1 Å². The van der Waals surface area contributed by atoms with E-state index >= 15 is 0 Å². The summed E-state index contributed by atoms with van der Waals surface area (Å²) in [4.78, 5) is 182. The molecule has 0 aromatic heterocycles. The average Bonchev–Trinajstić information content (AvgIpc) is 0.881. The average molecular weight is 1400 g/mol. The summed E-state index contributed by atoms with van der Waals surface area (Å²) >= 11 is 0. The number of carboxylic acid groups (broad SMARTS) is 1. The summed E-state index contributed by atoms with van der Waals surface area (Å²) < 4.78 is 0. The van der Waals surface area contributed by atoms with Gasteiger partial charge in [-0.1, -0.05) is 56.3 Å². The number of carboxylic acids is 1. The first kappa shape index (κ1) is 84.3. The van der Waals surface area contributed by atoms with Crippen LogP contribution in [0.4, 0.5) is 14.4 Å². The van der Waals surface area contributed by atoms with E-state index in [1.165, 1.54) is 24.3 Å². The van der Waals surface area contributed by atoms with Crippen molar-refractivity contribution in [3.8, 4) is 5.75 Å². The molecule has 0 bridgehead atoms. The van der Waals surface area contributed by atoms with E-state index in [-0.39, 0.29) is 127 Å². The number of aliphatic hydroxyl groups excluding tert-OH is 2. The number of aromatic hydroxyl groups is 1. The Morgan fingerprint density at radius 1 is 0.394 bits per heavy atom. The number of aliphatic imine (C=N–C) groups is 2. The lowest BCUT2D eigenvalue weighted by atomic mass is 10.0. The lowest BCUT2D eigenvalue weighted by Gasteiger charge is -2.28. The third-order valence-corrected chi connectivity index (χ3v) is 14.6. The van der Waals surface area contributed by atoms with Gasteiger partial charge in [-0.2, -0.15) is 0 Å². The smallest absolute Gasteiger partial charge is 0.326 e. The zero-order chi connectivity index (χ0) is 74.1. The first-order chi connectivity index (χ1) is 46.8. The maximum absolute atomic E-state index is 14.4. The number of nitrogens with two attached hydrogens (primary N) is 8. The summed E-state index contributed by atoms with van der Waals surface area (Å²) in [5.74, 6) is -11.6. The maximum atomic E-state index is 14.4. The number of benzene rings is 2. The molecule has 32 N–H and O–H groups in total. The Morgan fingerprint density at radius 2 is 0.707 bits per heavy atom. The molecular formula is C60H98N22O17. The van der Waals surface area contributed by atoms with Gasteiger partial charge in [0.05, 0.1) is 19.3 Å². The van der Waals surface area contributed by atoms with E-state index in [1.807, 2.05) is 0 Å². The number of phenols is 1. The number of hydrogen-bond donors (Lipinski definition) is 24. The minimum absolute atomic E-state index is 0.00128. The highest BCUT2D eigenvalue weighted by Crippen LogP contribution is 2.14. The van der Waals surface area contributed by atoms with Crippen molar-refractivity contribution in [2.75, 3.05) is 45.9 Å². The molecule has 39 nitrogen and oxygen atoms in total. The number of amides is 15. The van der Waals surface area contributed by atoms with Crippen LogP contribution < -0.4 is 110 Å². The number of hydrogen-bond acceptors (Lipinski definition) is 19. The van der Waals surface area contributed by atoms with E-state index in [0.29, 0.717) is 17.5 Å². The SMILES string of the molecule is CC(C)C[C@H](NC(=O)[C@H](CCCN=C(N)N)NC(=O)[C@@H](N)CCCN=C(N)N)C(=O)N[C@@H](CO)C(=O)N[C@@H](Cc1ccc(O)cc1)C(=O)N[C@@H](CO)C(=O)N[C@@H](CCCNC(N)=O)C(=O)N[C@@H](CCCNC(N)=O)C(=O)N[C@@H](CCCNC(N)=O)C(=O)N[C@@H](Cc1ccccc1)C(=O)O. The highest BCUT2D eigenvalue weighted by Gasteiger charge is 2.36. The minimum Gasteiger partial charge on any atom is -0.508 e. The van der Waals surface area contributed by atoms with Gasteiger partial charge in [0.1, 0.15) is 60.1 Å². The van der Waals surface area contributed by atoms with Crippen LogP contribution in [-0.4, -0.2) is 216 Å². The van der Waals surface area contributed by atoms with Gasteiger partial charge >= 0.3 is 24.1 Å². The fourth-order valence-corrected chi connectivity index (χ4v) is 9.46. The Balaban J connectivity index is 2.53. The summed E-state index contributed by atoms with van der Waals surface area (Å²) in [7, 11) is 0. The van der Waals surface area contributed by atoms with E-state index in [0.717, 1.165) is 0 Å². The Bertz CT molecular complexity index is 3050. The van der Waals surface area contributed by atoms with E-state index in [2.05, 4.69) is 73.8 Å². The number of guanidine groups is 2. The van der Waals surface area contributed by atoms with Gasteiger partial charge in [-0.25, -0.2) is 19.2 Å². The van der Waals surface area contributed by atoms with Crippen molar-refractivity contribution in [1.29, 1.82) is 0 Å². The van der Waals surface area contributed by atoms with E-state index in [9.17, 15) is 82.8 Å². The molecule has 0 aliphatic heterocycles. The number of carbonyl (C=O) groups excluding carboxylic acids is 12. The van der Waals surface area contributed by atoms with Crippen LogP contribution in [0.15, 0.2) is 64.6 Å². The second-order valence-electron chi connectivity index (χ2n) is 23.2. The molecule has 0 unspecified atom stereocenters. The molecule has 0 heterocycles. The molecule has 0 fully saturated rings. The predicted octanol–water partition coefficient (Wildman–Crippen LogP) is -7.56. The van der Waals surface area contributed by atoms with Gasteiger partial charge in [0.2, 0.25) is 53.2 Å². The number of primary amides is 3. The van der Waals surface area contributed by atoms with Crippen molar-refractivity contribution in [3.63, 3.8) is 0 Å². The summed E-state index contributed by atoms with van der Waals surface area (Å²) in [6.45, 7) is 0.963. The molecule has 39 heteroatoms. The van der Waals surface area contributed by atoms with Crippen LogP contribution in [0.3, 0.4) is 0 Å². The fraction of sp³-hybridized carbons (Fsp3) is 0.550. The molecule has 550 valence electrons. The van der Waals surface area contributed by atoms with Crippen molar-refractivity contribution < 1.29 is 82.8 Å². The number of nitrogens with zero attached hydrogens (tertiary/aromatic N) is 2. The third-order valence-electron chi connectivity index (χ3n) is 14.6. The number of rotatable bonds is 47. The molecule has 15 amide bonds.